The fourth-order valence-corrected chi connectivity index (χ4v) is 2.40. The number of para-hydroxylation sites is 1. The smallest absolute Gasteiger partial charge is 0.128 e. The monoisotopic (exact) mass is 336 g/mol. The van der Waals surface area contributed by atoms with Gasteiger partial charge in [0.1, 0.15) is 5.75 Å². The quantitative estimate of drug-likeness (QED) is 0.575. The molecule has 0 heterocycles. The van der Waals surface area contributed by atoms with Gasteiger partial charge in [0.15, 0.2) is 0 Å². The Morgan fingerprint density at radius 3 is 2.55 bits per heavy atom. The Morgan fingerprint density at radius 2 is 1.82 bits per heavy atom. The third kappa shape index (κ3) is 4.65. The van der Waals surface area contributed by atoms with E-state index in [0.29, 0.717) is 23.2 Å². The predicted octanol–water partition coefficient (Wildman–Crippen LogP) is 4.91. The topological polar surface area (TPSA) is 33.6 Å². The van der Waals surface area contributed by atoms with Gasteiger partial charge in [-0.05, 0) is 30.7 Å². The van der Waals surface area contributed by atoms with E-state index in [-0.39, 0.29) is 0 Å². The van der Waals surface area contributed by atoms with Crippen molar-refractivity contribution in [2.75, 3.05) is 6.61 Å². The lowest BCUT2D eigenvalue weighted by Crippen LogP contribution is -2.07. The molecule has 5 heteroatoms. The number of hydrogen-bond acceptors (Lipinski definition) is 3. The molecule has 0 bridgehead atoms. The number of ether oxygens (including phenoxy) is 1. The van der Waals surface area contributed by atoms with Crippen molar-refractivity contribution >= 4 is 29.4 Å². The van der Waals surface area contributed by atoms with Gasteiger partial charge in [0.2, 0.25) is 0 Å². The highest BCUT2D eigenvalue weighted by atomic mass is 35.5. The number of hydrogen-bond donors (Lipinski definition) is 1. The Hall–Kier alpha value is -1.71. The SMILES string of the molecule is CCCOc1ccccc1/C=N/NCc1c(Cl)cccc1Cl. The molecule has 0 aromatic heterocycles. The fraction of sp³-hybridized carbons (Fsp3) is 0.235. The predicted molar refractivity (Wildman–Crippen MR) is 93.1 cm³/mol. The number of benzene rings is 2. The van der Waals surface area contributed by atoms with Crippen LogP contribution in [0.5, 0.6) is 5.75 Å². The van der Waals surface area contributed by atoms with Crippen molar-refractivity contribution in [1.29, 1.82) is 0 Å². The van der Waals surface area contributed by atoms with Gasteiger partial charge >= 0.3 is 0 Å². The van der Waals surface area contributed by atoms with E-state index in [0.717, 1.165) is 23.3 Å². The molecule has 22 heavy (non-hydrogen) atoms. The van der Waals surface area contributed by atoms with Gasteiger partial charge in [-0.25, -0.2) is 0 Å². The molecule has 0 radical (unpaired) electrons. The van der Waals surface area contributed by atoms with Crippen LogP contribution in [0.1, 0.15) is 24.5 Å². The summed E-state index contributed by atoms with van der Waals surface area (Å²) >= 11 is 12.2. The summed E-state index contributed by atoms with van der Waals surface area (Å²) < 4.78 is 5.68. The molecular formula is C17H18Cl2N2O. The fourth-order valence-electron chi connectivity index (χ4n) is 1.87. The van der Waals surface area contributed by atoms with Crippen LogP contribution < -0.4 is 10.2 Å². The van der Waals surface area contributed by atoms with Crippen molar-refractivity contribution in [2.24, 2.45) is 5.10 Å². The van der Waals surface area contributed by atoms with Crippen LogP contribution in [0.4, 0.5) is 0 Å². The molecule has 3 nitrogen and oxygen atoms in total. The normalized spacial score (nSPS) is 10.9. The van der Waals surface area contributed by atoms with Crippen LogP contribution >= 0.6 is 23.2 Å². The first kappa shape index (κ1) is 16.7. The van der Waals surface area contributed by atoms with Crippen molar-refractivity contribution < 1.29 is 4.74 Å². The zero-order valence-electron chi connectivity index (χ0n) is 12.4. The highest BCUT2D eigenvalue weighted by Gasteiger charge is 2.04. The van der Waals surface area contributed by atoms with Crippen LogP contribution in [0.15, 0.2) is 47.6 Å². The number of halogens is 2. The van der Waals surface area contributed by atoms with Crippen LogP contribution in [-0.4, -0.2) is 12.8 Å². The van der Waals surface area contributed by atoms with Gasteiger partial charge in [0, 0.05) is 21.2 Å². The number of nitrogens with one attached hydrogen (secondary N) is 1. The molecule has 0 amide bonds. The molecular weight excluding hydrogens is 319 g/mol. The Kier molecular flexibility index (Phi) is 6.56. The summed E-state index contributed by atoms with van der Waals surface area (Å²) in [5, 5.41) is 5.47. The van der Waals surface area contributed by atoms with E-state index in [4.69, 9.17) is 27.9 Å². The largest absolute Gasteiger partial charge is 0.493 e. The Morgan fingerprint density at radius 1 is 1.09 bits per heavy atom. The summed E-state index contributed by atoms with van der Waals surface area (Å²) in [6.45, 7) is 3.23. The van der Waals surface area contributed by atoms with Gasteiger partial charge < -0.3 is 10.2 Å². The van der Waals surface area contributed by atoms with E-state index in [9.17, 15) is 0 Å². The molecule has 0 saturated carbocycles. The first-order valence-corrected chi connectivity index (χ1v) is 7.88. The van der Waals surface area contributed by atoms with Crippen LogP contribution in [0, 0.1) is 0 Å². The molecule has 0 spiro atoms. The second-order valence-corrected chi connectivity index (χ2v) is 5.49. The third-order valence-corrected chi connectivity index (χ3v) is 3.70. The second-order valence-electron chi connectivity index (χ2n) is 4.68. The average Bonchev–Trinajstić information content (AvgIpc) is 2.52. The molecule has 0 aliphatic carbocycles. The summed E-state index contributed by atoms with van der Waals surface area (Å²) in [4.78, 5) is 0. The highest BCUT2D eigenvalue weighted by Crippen LogP contribution is 2.23. The van der Waals surface area contributed by atoms with Crippen LogP contribution in [0.25, 0.3) is 0 Å². The lowest BCUT2D eigenvalue weighted by atomic mass is 10.2. The Labute approximate surface area is 140 Å². The molecule has 0 fully saturated rings. The van der Waals surface area contributed by atoms with Gasteiger partial charge in [-0.3, -0.25) is 0 Å². The van der Waals surface area contributed by atoms with Crippen molar-refractivity contribution in [1.82, 2.24) is 5.43 Å². The molecule has 0 unspecified atom stereocenters. The number of rotatable bonds is 7. The van der Waals surface area contributed by atoms with Gasteiger partial charge in [-0.2, -0.15) is 5.10 Å². The highest BCUT2D eigenvalue weighted by molar-refractivity contribution is 6.35. The maximum Gasteiger partial charge on any atom is 0.128 e. The van der Waals surface area contributed by atoms with E-state index < -0.39 is 0 Å². The van der Waals surface area contributed by atoms with Gasteiger partial charge in [0.25, 0.3) is 0 Å². The summed E-state index contributed by atoms with van der Waals surface area (Å²) in [7, 11) is 0. The van der Waals surface area contributed by atoms with E-state index in [1.807, 2.05) is 42.5 Å². The van der Waals surface area contributed by atoms with Gasteiger partial charge in [0.05, 0.1) is 19.4 Å². The minimum Gasteiger partial charge on any atom is -0.493 e. The lowest BCUT2D eigenvalue weighted by Gasteiger charge is -2.08. The van der Waals surface area contributed by atoms with E-state index in [2.05, 4.69) is 17.5 Å². The molecule has 2 aromatic rings. The summed E-state index contributed by atoms with van der Waals surface area (Å²) in [6.07, 6.45) is 2.70. The van der Waals surface area contributed by atoms with Gasteiger partial charge in [-0.15, -0.1) is 0 Å². The second kappa shape index (κ2) is 8.66. The van der Waals surface area contributed by atoms with E-state index in [1.54, 1.807) is 6.21 Å². The maximum absolute atomic E-state index is 6.11. The molecule has 0 aliphatic heterocycles. The molecule has 1 N–H and O–H groups in total. The summed E-state index contributed by atoms with van der Waals surface area (Å²) in [5.41, 5.74) is 4.72. The minimum atomic E-state index is 0.465. The van der Waals surface area contributed by atoms with Crippen molar-refractivity contribution in [3.63, 3.8) is 0 Å². The van der Waals surface area contributed by atoms with Crippen molar-refractivity contribution in [2.45, 2.75) is 19.9 Å². The van der Waals surface area contributed by atoms with Gasteiger partial charge in [-0.1, -0.05) is 48.3 Å². The van der Waals surface area contributed by atoms with E-state index in [1.165, 1.54) is 0 Å². The Balaban J connectivity index is 1.98. The lowest BCUT2D eigenvalue weighted by molar-refractivity contribution is 0.317. The molecule has 2 rings (SSSR count). The van der Waals surface area contributed by atoms with Crippen LogP contribution in [0.3, 0.4) is 0 Å². The van der Waals surface area contributed by atoms with E-state index >= 15 is 0 Å². The maximum atomic E-state index is 6.11. The first-order valence-electron chi connectivity index (χ1n) is 7.13. The summed E-state index contributed by atoms with van der Waals surface area (Å²) in [5.74, 6) is 0.825. The molecule has 0 saturated heterocycles. The standard InChI is InChI=1S/C17H18Cl2N2O/c1-2-10-22-17-9-4-3-6-13(17)11-20-21-12-14-15(18)7-5-8-16(14)19/h3-9,11,21H,2,10,12H2,1H3/b20-11+. The zero-order chi connectivity index (χ0) is 15.8. The molecule has 0 aliphatic rings. The van der Waals surface area contributed by atoms with Crippen molar-refractivity contribution in [3.05, 3.63) is 63.6 Å². The van der Waals surface area contributed by atoms with Crippen LogP contribution in [0.2, 0.25) is 10.0 Å². The number of nitrogens with zero attached hydrogens (tertiary/aromatic N) is 1. The minimum absolute atomic E-state index is 0.465. The summed E-state index contributed by atoms with van der Waals surface area (Å²) in [6, 6.07) is 13.2. The molecule has 2 aromatic carbocycles. The Bertz CT molecular complexity index is 624. The zero-order valence-corrected chi connectivity index (χ0v) is 13.9. The van der Waals surface area contributed by atoms with Crippen LogP contribution in [-0.2, 0) is 6.54 Å². The number of hydrazone groups is 1. The molecule has 116 valence electrons. The first-order chi connectivity index (χ1) is 10.7. The average molecular weight is 337 g/mol. The molecule has 0 atom stereocenters. The third-order valence-electron chi connectivity index (χ3n) is 2.99. The van der Waals surface area contributed by atoms with Crippen molar-refractivity contribution in [3.8, 4) is 5.75 Å².